The SMILES string of the molecule is C=CCCCOc1ccc(/C=C/C2CCC(c3ccc(-c4ccc(C(O)CCC)cc4)c(F)c3F)CC2)c(F)c1. The van der Waals surface area contributed by atoms with Crippen LogP contribution in [0.2, 0.25) is 0 Å². The molecular formula is C35H39F3O2. The molecule has 1 fully saturated rings. The van der Waals surface area contributed by atoms with Crippen LogP contribution < -0.4 is 4.74 Å². The minimum atomic E-state index is -0.829. The molecule has 0 saturated heterocycles. The molecule has 1 atom stereocenters. The molecule has 1 saturated carbocycles. The van der Waals surface area contributed by atoms with Crippen LogP contribution in [0.25, 0.3) is 17.2 Å². The molecule has 1 N–H and O–H groups in total. The molecule has 3 aromatic carbocycles. The minimum Gasteiger partial charge on any atom is -0.493 e. The van der Waals surface area contributed by atoms with E-state index in [1.165, 1.54) is 6.07 Å². The Hall–Kier alpha value is -3.31. The van der Waals surface area contributed by atoms with Crippen molar-refractivity contribution in [1.82, 2.24) is 0 Å². The van der Waals surface area contributed by atoms with Gasteiger partial charge < -0.3 is 9.84 Å². The molecule has 3 aromatic rings. The maximum Gasteiger partial charge on any atom is 0.166 e. The highest BCUT2D eigenvalue weighted by atomic mass is 19.2. The summed E-state index contributed by atoms with van der Waals surface area (Å²) in [5, 5.41) is 10.2. The zero-order valence-corrected chi connectivity index (χ0v) is 23.2. The van der Waals surface area contributed by atoms with Crippen LogP contribution in [-0.2, 0) is 0 Å². The lowest BCUT2D eigenvalue weighted by molar-refractivity contribution is 0.166. The Morgan fingerprint density at radius 3 is 2.40 bits per heavy atom. The molecule has 4 rings (SSSR count). The first kappa shape index (κ1) is 29.7. The Kier molecular flexibility index (Phi) is 10.7. The predicted octanol–water partition coefficient (Wildman–Crippen LogP) is 9.94. The Morgan fingerprint density at radius 1 is 0.975 bits per heavy atom. The molecule has 0 heterocycles. The smallest absolute Gasteiger partial charge is 0.166 e. The minimum absolute atomic E-state index is 0.0472. The summed E-state index contributed by atoms with van der Waals surface area (Å²) in [5.74, 6) is -1.20. The van der Waals surface area contributed by atoms with Crippen molar-refractivity contribution in [3.8, 4) is 16.9 Å². The molecule has 212 valence electrons. The molecule has 1 aliphatic rings. The molecule has 0 spiro atoms. The van der Waals surface area contributed by atoms with E-state index in [0.717, 1.165) is 50.5 Å². The maximum atomic E-state index is 15.2. The highest BCUT2D eigenvalue weighted by molar-refractivity contribution is 5.65. The van der Waals surface area contributed by atoms with Gasteiger partial charge in [-0.1, -0.05) is 68.0 Å². The second kappa shape index (κ2) is 14.4. The summed E-state index contributed by atoms with van der Waals surface area (Å²) in [4.78, 5) is 0. The normalized spacial score (nSPS) is 18.1. The van der Waals surface area contributed by atoms with Gasteiger partial charge in [-0.2, -0.15) is 0 Å². The van der Waals surface area contributed by atoms with Crippen LogP contribution in [-0.4, -0.2) is 11.7 Å². The number of ether oxygens (including phenoxy) is 1. The third-order valence-electron chi connectivity index (χ3n) is 7.83. The van der Waals surface area contributed by atoms with Crippen LogP contribution in [0, 0.1) is 23.4 Å². The van der Waals surface area contributed by atoms with Gasteiger partial charge in [0.2, 0.25) is 0 Å². The summed E-state index contributed by atoms with van der Waals surface area (Å²) >= 11 is 0. The molecule has 1 unspecified atom stereocenters. The number of hydrogen-bond acceptors (Lipinski definition) is 2. The van der Waals surface area contributed by atoms with E-state index < -0.39 is 17.7 Å². The summed E-state index contributed by atoms with van der Waals surface area (Å²) in [5.41, 5.74) is 2.52. The molecule has 0 bridgehead atoms. The van der Waals surface area contributed by atoms with Crippen LogP contribution in [0.5, 0.6) is 5.75 Å². The summed E-state index contributed by atoms with van der Waals surface area (Å²) < 4.78 is 50.5. The fourth-order valence-electron chi connectivity index (χ4n) is 5.44. The highest BCUT2D eigenvalue weighted by Gasteiger charge is 2.26. The number of allylic oxidation sites excluding steroid dienone is 2. The zero-order chi connectivity index (χ0) is 28.5. The quantitative estimate of drug-likeness (QED) is 0.180. The number of hydrogen-bond donors (Lipinski definition) is 1. The van der Waals surface area contributed by atoms with Crippen molar-refractivity contribution in [2.45, 2.75) is 70.3 Å². The van der Waals surface area contributed by atoms with Crippen molar-refractivity contribution in [2.24, 2.45) is 5.92 Å². The second-order valence-corrected chi connectivity index (χ2v) is 10.7. The van der Waals surface area contributed by atoms with Gasteiger partial charge in [0.1, 0.15) is 11.6 Å². The van der Waals surface area contributed by atoms with E-state index in [1.54, 1.807) is 48.5 Å². The van der Waals surface area contributed by atoms with Gasteiger partial charge in [-0.15, -0.1) is 6.58 Å². The zero-order valence-electron chi connectivity index (χ0n) is 23.2. The Morgan fingerprint density at radius 2 is 1.73 bits per heavy atom. The van der Waals surface area contributed by atoms with Crippen molar-refractivity contribution in [3.63, 3.8) is 0 Å². The van der Waals surface area contributed by atoms with Crippen molar-refractivity contribution in [3.05, 3.63) is 107 Å². The van der Waals surface area contributed by atoms with Crippen LogP contribution in [0.15, 0.2) is 73.3 Å². The topological polar surface area (TPSA) is 29.5 Å². The number of rotatable bonds is 12. The Balaban J connectivity index is 1.35. The van der Waals surface area contributed by atoms with E-state index in [2.05, 4.69) is 6.58 Å². The maximum absolute atomic E-state index is 15.2. The van der Waals surface area contributed by atoms with Crippen molar-refractivity contribution < 1.29 is 23.0 Å². The fourth-order valence-corrected chi connectivity index (χ4v) is 5.44. The summed E-state index contributed by atoms with van der Waals surface area (Å²) in [7, 11) is 0. The fraction of sp³-hybridized carbons (Fsp3) is 0.371. The largest absolute Gasteiger partial charge is 0.493 e. The lowest BCUT2D eigenvalue weighted by Gasteiger charge is -2.27. The molecule has 40 heavy (non-hydrogen) atoms. The first-order chi connectivity index (χ1) is 19.4. The van der Waals surface area contributed by atoms with Gasteiger partial charge in [0.05, 0.1) is 12.7 Å². The number of benzene rings is 3. The average molecular weight is 549 g/mol. The molecule has 0 aromatic heterocycles. The third-order valence-corrected chi connectivity index (χ3v) is 7.83. The van der Waals surface area contributed by atoms with Gasteiger partial charge in [-0.05, 0) is 85.6 Å². The average Bonchev–Trinajstić information content (AvgIpc) is 2.97. The molecule has 0 radical (unpaired) electrons. The van der Waals surface area contributed by atoms with Crippen molar-refractivity contribution >= 4 is 6.08 Å². The molecular weight excluding hydrogens is 509 g/mol. The van der Waals surface area contributed by atoms with Crippen molar-refractivity contribution in [2.75, 3.05) is 6.61 Å². The van der Waals surface area contributed by atoms with Gasteiger partial charge in [0, 0.05) is 17.2 Å². The van der Waals surface area contributed by atoms with Gasteiger partial charge in [0.25, 0.3) is 0 Å². The lowest BCUT2D eigenvalue weighted by Crippen LogP contribution is -2.13. The summed E-state index contributed by atoms with van der Waals surface area (Å²) in [6.45, 7) is 6.21. The van der Waals surface area contributed by atoms with E-state index in [9.17, 15) is 9.50 Å². The molecule has 0 aliphatic heterocycles. The first-order valence-corrected chi connectivity index (χ1v) is 14.4. The molecule has 5 heteroatoms. The lowest BCUT2D eigenvalue weighted by atomic mass is 9.78. The first-order valence-electron chi connectivity index (χ1n) is 14.4. The van der Waals surface area contributed by atoms with Crippen LogP contribution in [0.3, 0.4) is 0 Å². The monoisotopic (exact) mass is 548 g/mol. The Labute approximate surface area is 236 Å². The third kappa shape index (κ3) is 7.45. The number of aliphatic hydroxyl groups excluding tert-OH is 1. The van der Waals surface area contributed by atoms with Gasteiger partial charge in [-0.3, -0.25) is 0 Å². The van der Waals surface area contributed by atoms with E-state index in [0.29, 0.717) is 35.5 Å². The van der Waals surface area contributed by atoms with Gasteiger partial charge >= 0.3 is 0 Å². The summed E-state index contributed by atoms with van der Waals surface area (Å²) in [6, 6.07) is 15.3. The highest BCUT2D eigenvalue weighted by Crippen LogP contribution is 2.39. The number of halogens is 3. The van der Waals surface area contributed by atoms with E-state index in [1.807, 2.05) is 25.2 Å². The second-order valence-electron chi connectivity index (χ2n) is 10.7. The summed E-state index contributed by atoms with van der Waals surface area (Å²) in [6.07, 6.45) is 11.5. The van der Waals surface area contributed by atoms with Crippen LogP contribution in [0.1, 0.15) is 87.0 Å². The van der Waals surface area contributed by atoms with Gasteiger partial charge in [0.15, 0.2) is 11.6 Å². The standard InChI is InChI=1S/C35H39F3O2/c1-3-5-6-22-40-29-19-18-27(32(36)23-29)13-10-24-8-11-25(12-9-24)30-20-21-31(35(38)34(30)37)26-14-16-28(17-15-26)33(39)7-4-2/h3,10,13-21,23-25,33,39H,1,4-9,11-12,22H2,2H3/b13-10+. The van der Waals surface area contributed by atoms with Crippen LogP contribution >= 0.6 is 0 Å². The molecule has 0 amide bonds. The van der Waals surface area contributed by atoms with Gasteiger partial charge in [-0.25, -0.2) is 13.2 Å². The molecule has 1 aliphatic carbocycles. The van der Waals surface area contributed by atoms with E-state index >= 15 is 8.78 Å². The van der Waals surface area contributed by atoms with E-state index in [-0.39, 0.29) is 23.2 Å². The number of aliphatic hydroxyl groups is 1. The predicted molar refractivity (Wildman–Crippen MR) is 157 cm³/mol. The van der Waals surface area contributed by atoms with E-state index in [4.69, 9.17) is 4.74 Å². The number of unbranched alkanes of at least 4 members (excludes halogenated alkanes) is 1. The van der Waals surface area contributed by atoms with Crippen molar-refractivity contribution in [1.29, 1.82) is 0 Å². The Bertz CT molecular complexity index is 1290. The van der Waals surface area contributed by atoms with Crippen LogP contribution in [0.4, 0.5) is 13.2 Å². The molecule has 2 nitrogen and oxygen atoms in total.